The van der Waals surface area contributed by atoms with Crippen LogP contribution in [0.2, 0.25) is 0 Å². The number of hydrogen-bond donors (Lipinski definition) is 1. The van der Waals surface area contributed by atoms with E-state index in [1.165, 1.54) is 30.5 Å². The van der Waals surface area contributed by atoms with E-state index < -0.39 is 0 Å². The zero-order chi connectivity index (χ0) is 14.8. The minimum absolute atomic E-state index is 0. The summed E-state index contributed by atoms with van der Waals surface area (Å²) in [5, 5.41) is 3.61. The quantitative estimate of drug-likeness (QED) is 0.905. The van der Waals surface area contributed by atoms with E-state index in [0.717, 1.165) is 37.4 Å². The summed E-state index contributed by atoms with van der Waals surface area (Å²) < 4.78 is 0. The Morgan fingerprint density at radius 1 is 1.14 bits per heavy atom. The zero-order valence-corrected chi connectivity index (χ0v) is 14.4. The maximum absolute atomic E-state index is 12.6. The predicted molar refractivity (Wildman–Crippen MR) is 92.8 cm³/mol. The minimum atomic E-state index is 0. The summed E-state index contributed by atoms with van der Waals surface area (Å²) in [7, 11) is 0. The second-order valence-electron chi connectivity index (χ2n) is 6.63. The van der Waals surface area contributed by atoms with Gasteiger partial charge >= 0.3 is 0 Å². The van der Waals surface area contributed by atoms with Gasteiger partial charge in [0.2, 0.25) is 0 Å². The lowest BCUT2D eigenvalue weighted by atomic mass is 9.88. The van der Waals surface area contributed by atoms with Gasteiger partial charge in [0, 0.05) is 24.7 Å². The number of piperidine rings is 1. The number of nitrogens with zero attached hydrogens (tertiary/aromatic N) is 1. The van der Waals surface area contributed by atoms with Crippen LogP contribution in [0.1, 0.15) is 47.2 Å². The molecule has 1 unspecified atom stereocenters. The third-order valence-electron chi connectivity index (χ3n) is 5.25. The van der Waals surface area contributed by atoms with Crippen LogP contribution in [0.5, 0.6) is 0 Å². The second kappa shape index (κ2) is 7.47. The van der Waals surface area contributed by atoms with E-state index in [9.17, 15) is 4.79 Å². The van der Waals surface area contributed by atoms with Gasteiger partial charge in [-0.1, -0.05) is 6.07 Å². The van der Waals surface area contributed by atoms with E-state index >= 15 is 0 Å². The maximum Gasteiger partial charge on any atom is 0.253 e. The lowest BCUT2D eigenvalue weighted by Gasteiger charge is -2.35. The summed E-state index contributed by atoms with van der Waals surface area (Å²) in [4.78, 5) is 14.6. The second-order valence-corrected chi connectivity index (χ2v) is 6.63. The lowest BCUT2D eigenvalue weighted by molar-refractivity contribution is 0.0674. The minimum Gasteiger partial charge on any atom is -0.339 e. The molecule has 1 aromatic rings. The number of amides is 1. The molecule has 2 saturated heterocycles. The molecule has 1 N–H and O–H groups in total. The van der Waals surface area contributed by atoms with Crippen molar-refractivity contribution in [3.63, 3.8) is 0 Å². The molecule has 2 fully saturated rings. The molecule has 3 nitrogen and oxygen atoms in total. The molecule has 1 amide bonds. The SMILES string of the molecule is Cc1ccc(C(=O)N2CCC(C3CCCN3)CC2)cc1C.Cl. The highest BCUT2D eigenvalue weighted by atomic mass is 35.5. The Morgan fingerprint density at radius 3 is 2.45 bits per heavy atom. The molecule has 122 valence electrons. The smallest absolute Gasteiger partial charge is 0.253 e. The number of halogens is 1. The van der Waals surface area contributed by atoms with Crippen LogP contribution >= 0.6 is 12.4 Å². The average molecular weight is 323 g/mol. The van der Waals surface area contributed by atoms with Gasteiger partial charge in [0.15, 0.2) is 0 Å². The van der Waals surface area contributed by atoms with Crippen LogP contribution in [0, 0.1) is 19.8 Å². The average Bonchev–Trinajstić information content (AvgIpc) is 3.04. The largest absolute Gasteiger partial charge is 0.339 e. The Hall–Kier alpha value is -1.06. The van der Waals surface area contributed by atoms with Gasteiger partial charge < -0.3 is 10.2 Å². The molecule has 0 spiro atoms. The van der Waals surface area contributed by atoms with Crippen LogP contribution in [-0.4, -0.2) is 36.5 Å². The molecule has 1 atom stereocenters. The van der Waals surface area contributed by atoms with Gasteiger partial charge in [-0.2, -0.15) is 0 Å². The summed E-state index contributed by atoms with van der Waals surface area (Å²) >= 11 is 0. The molecule has 2 aliphatic heterocycles. The van der Waals surface area contributed by atoms with Gasteiger partial charge in [-0.25, -0.2) is 0 Å². The van der Waals surface area contributed by atoms with Gasteiger partial charge in [0.25, 0.3) is 5.91 Å². The van der Waals surface area contributed by atoms with E-state index in [0.29, 0.717) is 6.04 Å². The van der Waals surface area contributed by atoms with Crippen molar-refractivity contribution in [2.24, 2.45) is 5.92 Å². The Balaban J connectivity index is 0.00000176. The number of likely N-dealkylation sites (tertiary alicyclic amines) is 1. The van der Waals surface area contributed by atoms with E-state index in [2.05, 4.69) is 25.2 Å². The third-order valence-corrected chi connectivity index (χ3v) is 5.25. The fourth-order valence-electron chi connectivity index (χ4n) is 3.68. The van der Waals surface area contributed by atoms with Crippen molar-refractivity contribution in [3.05, 3.63) is 34.9 Å². The highest BCUT2D eigenvalue weighted by Crippen LogP contribution is 2.26. The van der Waals surface area contributed by atoms with E-state index in [1.54, 1.807) is 0 Å². The van der Waals surface area contributed by atoms with Crippen LogP contribution in [0.15, 0.2) is 18.2 Å². The molecule has 2 heterocycles. The lowest BCUT2D eigenvalue weighted by Crippen LogP contribution is -2.43. The molecular weight excluding hydrogens is 296 g/mol. The van der Waals surface area contributed by atoms with Crippen LogP contribution in [0.3, 0.4) is 0 Å². The molecule has 0 bridgehead atoms. The highest BCUT2D eigenvalue weighted by Gasteiger charge is 2.30. The molecule has 0 aromatic heterocycles. The predicted octanol–water partition coefficient (Wildman–Crippen LogP) is 3.33. The Labute approximate surface area is 139 Å². The van der Waals surface area contributed by atoms with Gasteiger partial charge in [0.05, 0.1) is 0 Å². The molecule has 22 heavy (non-hydrogen) atoms. The number of nitrogens with one attached hydrogen (secondary N) is 1. The summed E-state index contributed by atoms with van der Waals surface area (Å²) in [6.07, 6.45) is 4.92. The summed E-state index contributed by atoms with van der Waals surface area (Å²) in [6, 6.07) is 6.75. The van der Waals surface area contributed by atoms with E-state index in [1.807, 2.05) is 17.0 Å². The fraction of sp³-hybridized carbons (Fsp3) is 0.611. The van der Waals surface area contributed by atoms with Gasteiger partial charge in [-0.3, -0.25) is 4.79 Å². The monoisotopic (exact) mass is 322 g/mol. The van der Waals surface area contributed by atoms with Crippen molar-refractivity contribution in [1.29, 1.82) is 0 Å². The van der Waals surface area contributed by atoms with E-state index in [-0.39, 0.29) is 18.3 Å². The van der Waals surface area contributed by atoms with Gasteiger partial charge in [0.1, 0.15) is 0 Å². The van der Waals surface area contributed by atoms with Crippen molar-refractivity contribution < 1.29 is 4.79 Å². The number of carbonyl (C=O) groups excluding carboxylic acids is 1. The fourth-order valence-corrected chi connectivity index (χ4v) is 3.68. The molecule has 0 radical (unpaired) electrons. The first-order valence-corrected chi connectivity index (χ1v) is 8.25. The first kappa shape index (κ1) is 17.3. The summed E-state index contributed by atoms with van der Waals surface area (Å²) in [6.45, 7) is 7.16. The van der Waals surface area contributed by atoms with Crippen LogP contribution in [-0.2, 0) is 0 Å². The first-order valence-electron chi connectivity index (χ1n) is 8.25. The number of carbonyl (C=O) groups is 1. The Morgan fingerprint density at radius 2 is 1.86 bits per heavy atom. The molecule has 4 heteroatoms. The van der Waals surface area contributed by atoms with Crippen molar-refractivity contribution in [2.75, 3.05) is 19.6 Å². The molecule has 2 aliphatic rings. The molecular formula is C18H27ClN2O. The maximum atomic E-state index is 12.6. The summed E-state index contributed by atoms with van der Waals surface area (Å²) in [5.41, 5.74) is 3.29. The standard InChI is InChI=1S/C18H26N2O.ClH/c1-13-5-6-16(12-14(13)2)18(21)20-10-7-15(8-11-20)17-4-3-9-19-17;/h5-6,12,15,17,19H,3-4,7-11H2,1-2H3;1H. The topological polar surface area (TPSA) is 32.3 Å². The molecule has 1 aromatic carbocycles. The molecule has 0 saturated carbocycles. The zero-order valence-electron chi connectivity index (χ0n) is 13.6. The van der Waals surface area contributed by atoms with E-state index in [4.69, 9.17) is 0 Å². The molecule has 0 aliphatic carbocycles. The Kier molecular flexibility index (Phi) is 5.87. The first-order chi connectivity index (χ1) is 10.1. The number of aryl methyl sites for hydroxylation is 2. The van der Waals surface area contributed by atoms with Crippen LogP contribution < -0.4 is 5.32 Å². The number of benzene rings is 1. The van der Waals surface area contributed by atoms with Crippen molar-refractivity contribution in [2.45, 2.75) is 45.6 Å². The number of rotatable bonds is 2. The van der Waals surface area contributed by atoms with Crippen molar-refractivity contribution >= 4 is 18.3 Å². The van der Waals surface area contributed by atoms with Crippen molar-refractivity contribution in [3.8, 4) is 0 Å². The van der Waals surface area contributed by atoms with Crippen LogP contribution in [0.4, 0.5) is 0 Å². The van der Waals surface area contributed by atoms with Gasteiger partial charge in [-0.05, 0) is 75.3 Å². The normalized spacial score (nSPS) is 22.5. The molecule has 3 rings (SSSR count). The van der Waals surface area contributed by atoms with Crippen molar-refractivity contribution in [1.82, 2.24) is 10.2 Å². The Bertz CT molecular complexity index is 518. The van der Waals surface area contributed by atoms with Crippen LogP contribution in [0.25, 0.3) is 0 Å². The third kappa shape index (κ3) is 3.64. The summed E-state index contributed by atoms with van der Waals surface area (Å²) in [5.74, 6) is 0.965. The number of hydrogen-bond acceptors (Lipinski definition) is 2. The highest BCUT2D eigenvalue weighted by molar-refractivity contribution is 5.94. The van der Waals surface area contributed by atoms with Gasteiger partial charge in [-0.15, -0.1) is 12.4 Å².